The maximum absolute atomic E-state index is 13.1. The number of pyridine rings is 1. The highest BCUT2D eigenvalue weighted by Crippen LogP contribution is 2.36. The molecule has 0 saturated heterocycles. The highest BCUT2D eigenvalue weighted by Gasteiger charge is 2.35. The van der Waals surface area contributed by atoms with Crippen molar-refractivity contribution in [1.82, 2.24) is 9.71 Å². The Morgan fingerprint density at radius 2 is 1.64 bits per heavy atom. The quantitative estimate of drug-likeness (QED) is 0.418. The zero-order valence-electron chi connectivity index (χ0n) is 17.2. The average Bonchev–Trinajstić information content (AvgIpc) is 2.74. The molecule has 3 aromatic rings. The minimum absolute atomic E-state index is 0.124. The van der Waals surface area contributed by atoms with Crippen LogP contribution < -0.4 is 10.0 Å². The number of alkyl halides is 3. The molecule has 11 heteroatoms. The van der Waals surface area contributed by atoms with E-state index in [0.717, 1.165) is 28.7 Å². The van der Waals surface area contributed by atoms with Crippen molar-refractivity contribution in [3.8, 4) is 0 Å². The Bertz CT molecular complexity index is 1280. The van der Waals surface area contributed by atoms with Crippen LogP contribution in [0.25, 0.3) is 10.9 Å². The molecule has 5 nitrogen and oxygen atoms in total. The Morgan fingerprint density at radius 3 is 2.33 bits per heavy atom. The van der Waals surface area contributed by atoms with Crippen LogP contribution in [0, 0.1) is 0 Å². The fourth-order valence-electron chi connectivity index (χ4n) is 4.00. The fourth-order valence-corrected chi connectivity index (χ4v) is 5.72. The summed E-state index contributed by atoms with van der Waals surface area (Å²) in [6.45, 7) is 0. The molecule has 176 valence electrons. The fraction of sp³-hybridized carbons (Fsp3) is 0.318. The first kappa shape index (κ1) is 24.1. The standard InChI is InChI=1S/C22H20Cl2F3N3O2S/c23-13-1-7-17-20(9-10-28-21(17)11-13)29-14-2-4-15(5-3-14)30-33(31,32)16-6-8-19(24)18(12-16)22(25,26)27/h1,6-12,14-15,30H,2-5H2,(H,28,29). The average molecular weight is 518 g/mol. The van der Waals surface area contributed by atoms with Crippen molar-refractivity contribution in [2.24, 2.45) is 0 Å². The zero-order valence-corrected chi connectivity index (χ0v) is 19.5. The van der Waals surface area contributed by atoms with Crippen molar-refractivity contribution in [3.63, 3.8) is 0 Å². The number of nitrogens with zero attached hydrogens (tertiary/aromatic N) is 1. The van der Waals surface area contributed by atoms with Gasteiger partial charge in [-0.1, -0.05) is 23.2 Å². The van der Waals surface area contributed by atoms with Crippen LogP contribution in [0.2, 0.25) is 10.0 Å². The summed E-state index contributed by atoms with van der Waals surface area (Å²) in [5.74, 6) is 0. The van der Waals surface area contributed by atoms with Gasteiger partial charge in [0.15, 0.2) is 0 Å². The summed E-state index contributed by atoms with van der Waals surface area (Å²) in [6, 6.07) is 9.71. The van der Waals surface area contributed by atoms with Gasteiger partial charge in [0.1, 0.15) is 0 Å². The zero-order chi connectivity index (χ0) is 23.8. The van der Waals surface area contributed by atoms with Crippen molar-refractivity contribution >= 4 is 49.8 Å². The number of fused-ring (bicyclic) bond motifs is 1. The summed E-state index contributed by atoms with van der Waals surface area (Å²) in [7, 11) is -4.12. The maximum atomic E-state index is 13.1. The molecule has 1 saturated carbocycles. The highest BCUT2D eigenvalue weighted by molar-refractivity contribution is 7.89. The highest BCUT2D eigenvalue weighted by atomic mass is 35.5. The number of halogens is 5. The van der Waals surface area contributed by atoms with Crippen molar-refractivity contribution in [1.29, 1.82) is 0 Å². The number of hydrogen-bond acceptors (Lipinski definition) is 4. The molecule has 1 heterocycles. The van der Waals surface area contributed by atoms with Gasteiger partial charge in [-0.15, -0.1) is 0 Å². The molecular formula is C22H20Cl2F3N3O2S. The summed E-state index contributed by atoms with van der Waals surface area (Å²) in [6.07, 6.45) is -0.564. The number of anilines is 1. The molecular weight excluding hydrogens is 498 g/mol. The van der Waals surface area contributed by atoms with Gasteiger partial charge in [0, 0.05) is 34.4 Å². The molecule has 1 aliphatic rings. The topological polar surface area (TPSA) is 71.1 Å². The molecule has 0 atom stereocenters. The van der Waals surface area contributed by atoms with Gasteiger partial charge in [-0.25, -0.2) is 13.1 Å². The van der Waals surface area contributed by atoms with Crippen molar-refractivity contribution in [2.45, 2.75) is 48.8 Å². The predicted molar refractivity (Wildman–Crippen MR) is 123 cm³/mol. The van der Waals surface area contributed by atoms with Crippen LogP contribution in [-0.2, 0) is 16.2 Å². The van der Waals surface area contributed by atoms with E-state index in [0.29, 0.717) is 36.8 Å². The minimum Gasteiger partial charge on any atom is -0.382 e. The van der Waals surface area contributed by atoms with Crippen LogP contribution in [0.5, 0.6) is 0 Å². The summed E-state index contributed by atoms with van der Waals surface area (Å²) >= 11 is 11.6. The van der Waals surface area contributed by atoms with Crippen LogP contribution in [0.1, 0.15) is 31.2 Å². The van der Waals surface area contributed by atoms with Crippen LogP contribution in [0.4, 0.5) is 18.9 Å². The molecule has 1 fully saturated rings. The van der Waals surface area contributed by atoms with Gasteiger partial charge in [-0.05, 0) is 68.1 Å². The largest absolute Gasteiger partial charge is 0.417 e. The maximum Gasteiger partial charge on any atom is 0.417 e. The molecule has 33 heavy (non-hydrogen) atoms. The molecule has 0 amide bonds. The van der Waals surface area contributed by atoms with E-state index >= 15 is 0 Å². The van der Waals surface area contributed by atoms with Crippen LogP contribution in [-0.4, -0.2) is 25.5 Å². The van der Waals surface area contributed by atoms with E-state index in [2.05, 4.69) is 15.0 Å². The molecule has 0 spiro atoms. The number of rotatable bonds is 5. The Hall–Kier alpha value is -2.07. The number of sulfonamides is 1. The first-order chi connectivity index (χ1) is 15.5. The Balaban J connectivity index is 1.41. The van der Waals surface area contributed by atoms with Crippen LogP contribution >= 0.6 is 23.2 Å². The summed E-state index contributed by atoms with van der Waals surface area (Å²) in [5.41, 5.74) is 0.516. The van der Waals surface area contributed by atoms with Gasteiger partial charge in [-0.3, -0.25) is 4.98 Å². The third kappa shape index (κ3) is 5.54. The number of aromatic nitrogens is 1. The lowest BCUT2D eigenvalue weighted by Gasteiger charge is -2.30. The van der Waals surface area contributed by atoms with E-state index < -0.39 is 31.7 Å². The molecule has 0 radical (unpaired) electrons. The lowest BCUT2D eigenvalue weighted by molar-refractivity contribution is -0.137. The summed E-state index contributed by atoms with van der Waals surface area (Å²) in [5, 5.41) is 4.48. The van der Waals surface area contributed by atoms with Crippen LogP contribution in [0.15, 0.2) is 53.6 Å². The Labute approximate surface area is 199 Å². The minimum atomic E-state index is -4.74. The lowest BCUT2D eigenvalue weighted by Crippen LogP contribution is -2.40. The second kappa shape index (κ2) is 9.29. The third-order valence-corrected chi connectivity index (χ3v) is 7.75. The molecule has 0 aliphatic heterocycles. The number of benzene rings is 2. The van der Waals surface area contributed by atoms with Gasteiger partial charge in [0.25, 0.3) is 0 Å². The Morgan fingerprint density at radius 1 is 0.939 bits per heavy atom. The van der Waals surface area contributed by atoms with Crippen molar-refractivity contribution < 1.29 is 21.6 Å². The van der Waals surface area contributed by atoms with Gasteiger partial charge >= 0.3 is 6.18 Å². The van der Waals surface area contributed by atoms with Crippen molar-refractivity contribution in [3.05, 3.63) is 64.3 Å². The van der Waals surface area contributed by atoms with E-state index in [1.807, 2.05) is 12.1 Å². The van der Waals surface area contributed by atoms with E-state index in [4.69, 9.17) is 23.2 Å². The number of nitrogens with one attached hydrogen (secondary N) is 2. The van der Waals surface area contributed by atoms with Gasteiger partial charge < -0.3 is 5.32 Å². The summed E-state index contributed by atoms with van der Waals surface area (Å²) in [4.78, 5) is 3.87. The van der Waals surface area contributed by atoms with E-state index in [1.165, 1.54) is 0 Å². The molecule has 2 N–H and O–H groups in total. The summed E-state index contributed by atoms with van der Waals surface area (Å²) < 4.78 is 67.2. The number of hydrogen-bond donors (Lipinski definition) is 2. The molecule has 4 rings (SSSR count). The smallest absolute Gasteiger partial charge is 0.382 e. The SMILES string of the molecule is O=S(=O)(NC1CCC(Nc2ccnc3cc(Cl)ccc23)CC1)c1ccc(Cl)c(C(F)(F)F)c1. The van der Waals surface area contributed by atoms with Gasteiger partial charge in [0.2, 0.25) is 10.0 Å². The molecule has 1 aliphatic carbocycles. The molecule has 0 bridgehead atoms. The lowest BCUT2D eigenvalue weighted by atomic mass is 9.91. The van der Waals surface area contributed by atoms with Gasteiger partial charge in [-0.2, -0.15) is 13.2 Å². The predicted octanol–water partition coefficient (Wildman–Crippen LogP) is 6.26. The normalized spacial score (nSPS) is 19.5. The molecule has 1 aromatic heterocycles. The van der Waals surface area contributed by atoms with E-state index in [9.17, 15) is 21.6 Å². The first-order valence-electron chi connectivity index (χ1n) is 10.2. The van der Waals surface area contributed by atoms with E-state index in [-0.39, 0.29) is 12.1 Å². The third-order valence-electron chi connectivity index (χ3n) is 5.67. The van der Waals surface area contributed by atoms with Crippen molar-refractivity contribution in [2.75, 3.05) is 5.32 Å². The monoisotopic (exact) mass is 517 g/mol. The molecule has 2 aromatic carbocycles. The van der Waals surface area contributed by atoms with Crippen LogP contribution in [0.3, 0.4) is 0 Å². The second-order valence-electron chi connectivity index (χ2n) is 7.97. The second-order valence-corrected chi connectivity index (χ2v) is 10.5. The molecule has 0 unspecified atom stereocenters. The van der Waals surface area contributed by atoms with Gasteiger partial charge in [0.05, 0.1) is 21.0 Å². The first-order valence-corrected chi connectivity index (χ1v) is 12.5. The van der Waals surface area contributed by atoms with E-state index in [1.54, 1.807) is 18.3 Å². The Kier molecular flexibility index (Phi) is 6.77.